The fourth-order valence-corrected chi connectivity index (χ4v) is 5.32. The molecular weight excluding hydrogens is 420 g/mol. The van der Waals surface area contributed by atoms with Gasteiger partial charge in [-0.05, 0) is 69.7 Å². The Kier molecular flexibility index (Phi) is 6.30. The van der Waals surface area contributed by atoms with Gasteiger partial charge in [-0.25, -0.2) is 13.3 Å². The minimum atomic E-state index is -0.629. The first kappa shape index (κ1) is 23.4. The number of rotatable bonds is 5. The molecule has 4 nitrogen and oxygen atoms in total. The SMILES string of the molecule is Cc1nn2c(C(C)C)c(C(=O)NC(C)(C)C3CCCCC3)ccc2c1-c1c(F)cccc1F. The highest BCUT2D eigenvalue weighted by Gasteiger charge is 2.33. The van der Waals surface area contributed by atoms with E-state index in [0.29, 0.717) is 28.3 Å². The van der Waals surface area contributed by atoms with Gasteiger partial charge in [-0.15, -0.1) is 0 Å². The fourth-order valence-electron chi connectivity index (χ4n) is 5.32. The number of carbonyl (C=O) groups is 1. The summed E-state index contributed by atoms with van der Waals surface area (Å²) in [5, 5.41) is 7.90. The van der Waals surface area contributed by atoms with Crippen molar-refractivity contribution in [3.63, 3.8) is 0 Å². The summed E-state index contributed by atoms with van der Waals surface area (Å²) in [6, 6.07) is 7.36. The van der Waals surface area contributed by atoms with Crippen LogP contribution in [0.2, 0.25) is 0 Å². The molecule has 2 heterocycles. The van der Waals surface area contributed by atoms with Gasteiger partial charge in [0.1, 0.15) is 11.6 Å². The monoisotopic (exact) mass is 453 g/mol. The number of aromatic nitrogens is 2. The Morgan fingerprint density at radius 3 is 2.30 bits per heavy atom. The zero-order valence-electron chi connectivity index (χ0n) is 20.1. The third kappa shape index (κ3) is 4.28. The molecule has 6 heteroatoms. The van der Waals surface area contributed by atoms with Gasteiger partial charge in [0.05, 0.1) is 28.0 Å². The van der Waals surface area contributed by atoms with E-state index in [1.54, 1.807) is 23.6 Å². The molecule has 0 saturated heterocycles. The van der Waals surface area contributed by atoms with E-state index in [1.807, 2.05) is 13.8 Å². The average molecular weight is 454 g/mol. The standard InChI is InChI=1S/C27H33F2N3O/c1-16(2)25-19(26(33)30-27(4,5)18-10-7-6-8-11-18)14-15-22-23(17(3)31-32(22)25)24-20(28)12-9-13-21(24)29/h9,12-16,18H,6-8,10-11H2,1-5H3,(H,30,33). The molecule has 1 amide bonds. The van der Waals surface area contributed by atoms with Crippen molar-refractivity contribution in [3.8, 4) is 11.1 Å². The van der Waals surface area contributed by atoms with E-state index in [1.165, 1.54) is 37.5 Å². The Bertz CT molecular complexity index is 1170. The first-order chi connectivity index (χ1) is 15.6. The van der Waals surface area contributed by atoms with E-state index in [9.17, 15) is 13.6 Å². The van der Waals surface area contributed by atoms with Crippen LogP contribution in [0.1, 0.15) is 87.5 Å². The van der Waals surface area contributed by atoms with Crippen molar-refractivity contribution in [2.75, 3.05) is 0 Å². The van der Waals surface area contributed by atoms with Crippen LogP contribution in [0.4, 0.5) is 8.78 Å². The summed E-state index contributed by atoms with van der Waals surface area (Å²) in [5.74, 6) is -0.970. The lowest BCUT2D eigenvalue weighted by atomic mass is 9.76. The Morgan fingerprint density at radius 1 is 1.06 bits per heavy atom. The maximum atomic E-state index is 14.6. The number of benzene rings is 1. The fraction of sp³-hybridized carbons (Fsp3) is 0.481. The van der Waals surface area contributed by atoms with Crippen LogP contribution in [-0.2, 0) is 0 Å². The third-order valence-corrected chi connectivity index (χ3v) is 7.07. The van der Waals surface area contributed by atoms with Crippen LogP contribution in [0, 0.1) is 24.5 Å². The van der Waals surface area contributed by atoms with Gasteiger partial charge in [0, 0.05) is 11.1 Å². The summed E-state index contributed by atoms with van der Waals surface area (Å²) in [6.45, 7) is 9.94. The van der Waals surface area contributed by atoms with Crippen molar-refractivity contribution in [2.45, 2.75) is 78.2 Å². The molecule has 0 aliphatic heterocycles. The summed E-state index contributed by atoms with van der Waals surface area (Å²) in [4.78, 5) is 13.5. The van der Waals surface area contributed by atoms with Crippen molar-refractivity contribution in [3.05, 3.63) is 58.9 Å². The van der Waals surface area contributed by atoms with Crippen molar-refractivity contribution in [1.82, 2.24) is 14.9 Å². The Hall–Kier alpha value is -2.76. The summed E-state index contributed by atoms with van der Waals surface area (Å²) in [7, 11) is 0. The van der Waals surface area contributed by atoms with E-state index in [2.05, 4.69) is 24.3 Å². The molecule has 2 aromatic heterocycles. The second-order valence-corrected chi connectivity index (χ2v) is 10.2. The molecular formula is C27H33F2N3O. The van der Waals surface area contributed by atoms with Crippen LogP contribution in [0.15, 0.2) is 30.3 Å². The van der Waals surface area contributed by atoms with Crippen LogP contribution in [-0.4, -0.2) is 21.1 Å². The number of aryl methyl sites for hydroxylation is 1. The Balaban J connectivity index is 1.79. The highest BCUT2D eigenvalue weighted by molar-refractivity contribution is 5.97. The number of nitrogens with one attached hydrogen (secondary N) is 1. The third-order valence-electron chi connectivity index (χ3n) is 7.07. The van der Waals surface area contributed by atoms with E-state index in [4.69, 9.17) is 0 Å². The summed E-state index contributed by atoms with van der Waals surface area (Å²) in [5.41, 5.74) is 2.39. The number of hydrogen-bond acceptors (Lipinski definition) is 2. The first-order valence-electron chi connectivity index (χ1n) is 11.9. The number of pyridine rings is 1. The van der Waals surface area contributed by atoms with Crippen molar-refractivity contribution < 1.29 is 13.6 Å². The van der Waals surface area contributed by atoms with E-state index < -0.39 is 11.6 Å². The average Bonchev–Trinajstić information content (AvgIpc) is 3.08. The highest BCUT2D eigenvalue weighted by Crippen LogP contribution is 2.36. The van der Waals surface area contributed by atoms with Crippen molar-refractivity contribution in [2.24, 2.45) is 5.92 Å². The minimum absolute atomic E-state index is 0.0233. The van der Waals surface area contributed by atoms with Gasteiger partial charge in [-0.2, -0.15) is 5.10 Å². The number of carbonyl (C=O) groups excluding carboxylic acids is 1. The van der Waals surface area contributed by atoms with Gasteiger partial charge in [-0.3, -0.25) is 4.79 Å². The normalized spacial score (nSPS) is 15.4. The minimum Gasteiger partial charge on any atom is -0.347 e. The zero-order valence-corrected chi connectivity index (χ0v) is 20.1. The topological polar surface area (TPSA) is 46.4 Å². The smallest absolute Gasteiger partial charge is 0.253 e. The van der Waals surface area contributed by atoms with Gasteiger partial charge in [0.25, 0.3) is 5.91 Å². The summed E-state index contributed by atoms with van der Waals surface area (Å²) in [6.07, 6.45) is 5.92. The molecule has 0 bridgehead atoms. The van der Waals surface area contributed by atoms with Crippen molar-refractivity contribution >= 4 is 11.4 Å². The molecule has 1 aliphatic carbocycles. The van der Waals surface area contributed by atoms with E-state index in [0.717, 1.165) is 18.5 Å². The molecule has 1 aliphatic rings. The molecule has 1 fully saturated rings. The molecule has 0 unspecified atom stereocenters. The van der Waals surface area contributed by atoms with Crippen molar-refractivity contribution in [1.29, 1.82) is 0 Å². The second kappa shape index (κ2) is 8.88. The number of halogens is 2. The first-order valence-corrected chi connectivity index (χ1v) is 11.9. The molecule has 0 atom stereocenters. The second-order valence-electron chi connectivity index (χ2n) is 10.2. The van der Waals surface area contributed by atoms with Crippen LogP contribution in [0.25, 0.3) is 16.6 Å². The lowest BCUT2D eigenvalue weighted by Gasteiger charge is -2.38. The Morgan fingerprint density at radius 2 is 1.70 bits per heavy atom. The van der Waals surface area contributed by atoms with Crippen LogP contribution < -0.4 is 5.32 Å². The van der Waals surface area contributed by atoms with Gasteiger partial charge in [0.2, 0.25) is 0 Å². The number of hydrogen-bond donors (Lipinski definition) is 1. The number of fused-ring (bicyclic) bond motifs is 1. The summed E-state index contributed by atoms with van der Waals surface area (Å²) < 4.78 is 30.9. The molecule has 176 valence electrons. The maximum absolute atomic E-state index is 14.6. The largest absolute Gasteiger partial charge is 0.347 e. The molecule has 4 rings (SSSR count). The quantitative estimate of drug-likeness (QED) is 0.462. The van der Waals surface area contributed by atoms with Gasteiger partial charge in [-0.1, -0.05) is 39.2 Å². The number of amides is 1. The lowest BCUT2D eigenvalue weighted by Crippen LogP contribution is -2.50. The van der Waals surface area contributed by atoms with Crippen LogP contribution >= 0.6 is 0 Å². The molecule has 33 heavy (non-hydrogen) atoms. The van der Waals surface area contributed by atoms with Gasteiger partial charge in [0.15, 0.2) is 0 Å². The van der Waals surface area contributed by atoms with Gasteiger partial charge >= 0.3 is 0 Å². The molecule has 0 radical (unpaired) electrons. The molecule has 3 aromatic rings. The lowest BCUT2D eigenvalue weighted by molar-refractivity contribution is 0.0856. The van der Waals surface area contributed by atoms with Crippen LogP contribution in [0.3, 0.4) is 0 Å². The predicted molar refractivity (Wildman–Crippen MR) is 127 cm³/mol. The predicted octanol–water partition coefficient (Wildman–Crippen LogP) is 6.80. The summed E-state index contributed by atoms with van der Waals surface area (Å²) >= 11 is 0. The van der Waals surface area contributed by atoms with E-state index in [-0.39, 0.29) is 22.9 Å². The maximum Gasteiger partial charge on any atom is 0.253 e. The highest BCUT2D eigenvalue weighted by atomic mass is 19.1. The molecule has 1 N–H and O–H groups in total. The molecule has 1 aromatic carbocycles. The number of nitrogens with zero attached hydrogens (tertiary/aromatic N) is 2. The Labute approximate surface area is 194 Å². The van der Waals surface area contributed by atoms with Crippen LogP contribution in [0.5, 0.6) is 0 Å². The van der Waals surface area contributed by atoms with E-state index >= 15 is 0 Å². The molecule has 1 saturated carbocycles. The molecule has 0 spiro atoms. The zero-order chi connectivity index (χ0) is 23.9. The van der Waals surface area contributed by atoms with Gasteiger partial charge < -0.3 is 5.32 Å².